The van der Waals surface area contributed by atoms with Gasteiger partial charge in [0.05, 0.1) is 0 Å². The van der Waals surface area contributed by atoms with Crippen LogP contribution in [0.3, 0.4) is 0 Å². The van der Waals surface area contributed by atoms with Crippen molar-refractivity contribution in [2.75, 3.05) is 13.2 Å². The Hall–Kier alpha value is -2.63. The highest BCUT2D eigenvalue weighted by Crippen LogP contribution is 2.19. The molecule has 0 bridgehead atoms. The monoisotopic (exact) mass is 1120 g/mol. The second kappa shape index (κ2) is 68.9. The van der Waals surface area contributed by atoms with E-state index in [1.807, 2.05) is 0 Å². The number of unbranched alkanes of at least 4 members (excludes halogenated alkanes) is 47. The fourth-order valence-corrected chi connectivity index (χ4v) is 10.8. The van der Waals surface area contributed by atoms with Crippen LogP contribution in [-0.2, 0) is 28.6 Å². The molecule has 0 saturated carbocycles. The average molecular weight is 1120 g/mol. The Morgan fingerprint density at radius 3 is 0.762 bits per heavy atom. The van der Waals surface area contributed by atoms with Gasteiger partial charge in [-0.15, -0.1) is 0 Å². The van der Waals surface area contributed by atoms with Gasteiger partial charge in [0.25, 0.3) is 0 Å². The fourth-order valence-electron chi connectivity index (χ4n) is 10.8. The standard InChI is InChI=1S/C74H136O6/c1-4-7-10-13-16-19-21-23-25-27-29-31-32-33-34-35-36-37-38-39-40-41-43-44-46-48-50-52-55-58-61-64-67-73(76)79-70-71(69-78-72(75)66-63-60-57-54-18-15-12-9-6-3)80-74(77)68-65-62-59-56-53-51-49-47-45-42-30-28-26-24-22-20-17-14-11-8-5-2/h8,11,17,20,24,26,30,42,71H,4-7,9-10,12-16,18-19,21-23,25,27-29,31-41,43-70H2,1-3H3/b11-8-,20-17-,26-24-,42-30-. The van der Waals surface area contributed by atoms with Gasteiger partial charge in [0.15, 0.2) is 6.10 Å². The van der Waals surface area contributed by atoms with E-state index in [-0.39, 0.29) is 31.1 Å². The highest BCUT2D eigenvalue weighted by atomic mass is 16.6. The van der Waals surface area contributed by atoms with Crippen molar-refractivity contribution in [1.29, 1.82) is 0 Å². The van der Waals surface area contributed by atoms with Gasteiger partial charge < -0.3 is 14.2 Å². The maximum atomic E-state index is 12.9. The molecule has 468 valence electrons. The zero-order chi connectivity index (χ0) is 57.8. The van der Waals surface area contributed by atoms with Gasteiger partial charge in [-0.1, -0.05) is 358 Å². The summed E-state index contributed by atoms with van der Waals surface area (Å²) < 4.78 is 16.9. The smallest absolute Gasteiger partial charge is 0.306 e. The summed E-state index contributed by atoms with van der Waals surface area (Å²) in [5.41, 5.74) is 0. The van der Waals surface area contributed by atoms with E-state index in [0.29, 0.717) is 19.3 Å². The lowest BCUT2D eigenvalue weighted by molar-refractivity contribution is -0.167. The summed E-state index contributed by atoms with van der Waals surface area (Å²) in [6.45, 7) is 6.56. The molecule has 0 spiro atoms. The molecule has 1 unspecified atom stereocenters. The first-order chi connectivity index (χ1) is 39.5. The maximum Gasteiger partial charge on any atom is 0.306 e. The number of hydrogen-bond donors (Lipinski definition) is 0. The highest BCUT2D eigenvalue weighted by Gasteiger charge is 2.19. The molecule has 0 amide bonds. The Morgan fingerprint density at radius 1 is 0.263 bits per heavy atom. The third-order valence-corrected chi connectivity index (χ3v) is 16.1. The average Bonchev–Trinajstić information content (AvgIpc) is 3.46. The van der Waals surface area contributed by atoms with Crippen LogP contribution < -0.4 is 0 Å². The Kier molecular flexibility index (Phi) is 66.6. The van der Waals surface area contributed by atoms with E-state index in [2.05, 4.69) is 69.4 Å². The summed E-state index contributed by atoms with van der Waals surface area (Å²) in [7, 11) is 0. The SMILES string of the molecule is CC/C=C\C/C=C\C/C=C\C/C=C\CCCCCCCCCCC(=O)OC(COC(=O)CCCCCCCCCCC)COC(=O)CCCCCCCCCCCCCCCCCCCCCCCCCCCCCCCCCC. The molecule has 0 aromatic carbocycles. The number of rotatable bonds is 66. The van der Waals surface area contributed by atoms with Gasteiger partial charge in [0.2, 0.25) is 0 Å². The van der Waals surface area contributed by atoms with Gasteiger partial charge in [-0.05, 0) is 57.8 Å². The van der Waals surface area contributed by atoms with E-state index >= 15 is 0 Å². The summed E-state index contributed by atoms with van der Waals surface area (Å²) in [4.78, 5) is 38.3. The van der Waals surface area contributed by atoms with Crippen molar-refractivity contribution in [2.24, 2.45) is 0 Å². The first kappa shape index (κ1) is 77.4. The molecule has 0 fully saturated rings. The number of ether oxygens (including phenoxy) is 3. The first-order valence-corrected chi connectivity index (χ1v) is 35.6. The number of hydrogen-bond acceptors (Lipinski definition) is 6. The van der Waals surface area contributed by atoms with Crippen LogP contribution in [0.15, 0.2) is 48.6 Å². The van der Waals surface area contributed by atoms with E-state index in [9.17, 15) is 14.4 Å². The van der Waals surface area contributed by atoms with E-state index in [0.717, 1.165) is 89.9 Å². The fraction of sp³-hybridized carbons (Fsp3) is 0.851. The van der Waals surface area contributed by atoms with Gasteiger partial charge in [-0.3, -0.25) is 14.4 Å². The molecular weight excluding hydrogens is 985 g/mol. The molecule has 0 rings (SSSR count). The first-order valence-electron chi connectivity index (χ1n) is 35.6. The number of allylic oxidation sites excluding steroid dienone is 8. The Labute approximate surface area is 498 Å². The predicted octanol–water partition coefficient (Wildman–Crippen LogP) is 24.5. The van der Waals surface area contributed by atoms with Crippen molar-refractivity contribution < 1.29 is 28.6 Å². The third-order valence-electron chi connectivity index (χ3n) is 16.1. The summed E-state index contributed by atoms with van der Waals surface area (Å²) >= 11 is 0. The summed E-state index contributed by atoms with van der Waals surface area (Å²) in [5.74, 6) is -0.859. The minimum absolute atomic E-state index is 0.0716. The lowest BCUT2D eigenvalue weighted by atomic mass is 10.0. The van der Waals surface area contributed by atoms with Crippen LogP contribution in [0.5, 0.6) is 0 Å². The summed E-state index contributed by atoms with van der Waals surface area (Å²) in [5, 5.41) is 0. The zero-order valence-corrected chi connectivity index (χ0v) is 53.9. The Morgan fingerprint density at radius 2 is 0.487 bits per heavy atom. The molecule has 0 aliphatic carbocycles. The molecule has 0 aromatic heterocycles. The molecule has 1 atom stereocenters. The number of esters is 3. The molecule has 0 aliphatic rings. The Balaban J connectivity index is 4.05. The molecule has 0 heterocycles. The van der Waals surface area contributed by atoms with Crippen LogP contribution in [0.25, 0.3) is 0 Å². The van der Waals surface area contributed by atoms with Crippen molar-refractivity contribution in [2.45, 2.75) is 393 Å². The van der Waals surface area contributed by atoms with Crippen LogP contribution in [0, 0.1) is 0 Å². The largest absolute Gasteiger partial charge is 0.462 e. The topological polar surface area (TPSA) is 78.9 Å². The zero-order valence-electron chi connectivity index (χ0n) is 53.9. The van der Waals surface area contributed by atoms with Crippen LogP contribution in [-0.4, -0.2) is 37.2 Å². The Bertz CT molecular complexity index is 1380. The summed E-state index contributed by atoms with van der Waals surface area (Å²) in [6.07, 6.45) is 87.4. The van der Waals surface area contributed by atoms with E-state index < -0.39 is 6.10 Å². The normalized spacial score (nSPS) is 12.3. The highest BCUT2D eigenvalue weighted by molar-refractivity contribution is 5.71. The van der Waals surface area contributed by atoms with Gasteiger partial charge >= 0.3 is 17.9 Å². The second-order valence-corrected chi connectivity index (χ2v) is 24.1. The van der Waals surface area contributed by atoms with Crippen molar-refractivity contribution in [3.63, 3.8) is 0 Å². The van der Waals surface area contributed by atoms with Crippen molar-refractivity contribution in [1.82, 2.24) is 0 Å². The lowest BCUT2D eigenvalue weighted by Crippen LogP contribution is -2.30. The van der Waals surface area contributed by atoms with E-state index in [4.69, 9.17) is 14.2 Å². The quantitative estimate of drug-likeness (QED) is 0.0261. The lowest BCUT2D eigenvalue weighted by Gasteiger charge is -2.18. The molecule has 80 heavy (non-hydrogen) atoms. The molecule has 6 heteroatoms. The summed E-state index contributed by atoms with van der Waals surface area (Å²) in [6, 6.07) is 0. The van der Waals surface area contributed by atoms with Crippen LogP contribution in [0.1, 0.15) is 387 Å². The maximum absolute atomic E-state index is 12.9. The van der Waals surface area contributed by atoms with Gasteiger partial charge in [0.1, 0.15) is 13.2 Å². The van der Waals surface area contributed by atoms with Crippen molar-refractivity contribution >= 4 is 17.9 Å². The van der Waals surface area contributed by atoms with Crippen LogP contribution in [0.4, 0.5) is 0 Å². The minimum atomic E-state index is -0.775. The molecule has 0 saturated heterocycles. The molecule has 0 aromatic rings. The molecule has 0 N–H and O–H groups in total. The third kappa shape index (κ3) is 66.2. The van der Waals surface area contributed by atoms with Gasteiger partial charge in [-0.2, -0.15) is 0 Å². The predicted molar refractivity (Wildman–Crippen MR) is 349 cm³/mol. The van der Waals surface area contributed by atoms with Crippen LogP contribution >= 0.6 is 0 Å². The number of carbonyl (C=O) groups excluding carboxylic acids is 3. The molecule has 0 aliphatic heterocycles. The van der Waals surface area contributed by atoms with E-state index in [1.54, 1.807) is 0 Å². The van der Waals surface area contributed by atoms with Gasteiger partial charge in [0, 0.05) is 19.3 Å². The minimum Gasteiger partial charge on any atom is -0.462 e. The van der Waals surface area contributed by atoms with Gasteiger partial charge in [-0.25, -0.2) is 0 Å². The van der Waals surface area contributed by atoms with E-state index in [1.165, 1.54) is 257 Å². The number of carbonyl (C=O) groups is 3. The van der Waals surface area contributed by atoms with Crippen LogP contribution in [0.2, 0.25) is 0 Å². The molecule has 6 nitrogen and oxygen atoms in total. The molecule has 0 radical (unpaired) electrons. The second-order valence-electron chi connectivity index (χ2n) is 24.1. The molecular formula is C74H136O6. The van der Waals surface area contributed by atoms with Crippen molar-refractivity contribution in [3.8, 4) is 0 Å². The van der Waals surface area contributed by atoms with Crippen molar-refractivity contribution in [3.05, 3.63) is 48.6 Å².